The highest BCUT2D eigenvalue weighted by Gasteiger charge is 2.29. The zero-order valence-corrected chi connectivity index (χ0v) is 17.0. The van der Waals surface area contributed by atoms with Crippen LogP contribution in [0.15, 0.2) is 18.2 Å². The normalized spacial score (nSPS) is 15.0. The lowest BCUT2D eigenvalue weighted by Gasteiger charge is -2.19. The number of carbonyl (C=O) groups excluding carboxylic acids is 1. The number of halogens is 2. The van der Waals surface area contributed by atoms with Gasteiger partial charge >= 0.3 is 6.61 Å². The molecule has 0 N–H and O–H groups in total. The Morgan fingerprint density at radius 3 is 2.54 bits per heavy atom. The molecule has 1 fully saturated rings. The maximum Gasteiger partial charge on any atom is 0.387 e. The van der Waals surface area contributed by atoms with Crippen LogP contribution < -0.4 is 9.47 Å². The first kappa shape index (κ1) is 22.4. The van der Waals surface area contributed by atoms with Gasteiger partial charge in [0.1, 0.15) is 0 Å². The summed E-state index contributed by atoms with van der Waals surface area (Å²) >= 11 is 0. The van der Waals surface area contributed by atoms with Crippen LogP contribution in [0.3, 0.4) is 0 Å². The Morgan fingerprint density at radius 1 is 1.25 bits per heavy atom. The largest absolute Gasteiger partial charge is 0.490 e. The summed E-state index contributed by atoms with van der Waals surface area (Å²) < 4.78 is 59.3. The van der Waals surface area contributed by atoms with E-state index >= 15 is 0 Å². The lowest BCUT2D eigenvalue weighted by molar-refractivity contribution is -0.130. The van der Waals surface area contributed by atoms with E-state index in [4.69, 9.17) is 4.74 Å². The van der Waals surface area contributed by atoms with Crippen molar-refractivity contribution in [1.82, 2.24) is 4.90 Å². The average molecular weight is 419 g/mol. The molecule has 1 aromatic carbocycles. The summed E-state index contributed by atoms with van der Waals surface area (Å²) in [4.78, 5) is 13.8. The Labute approximate surface area is 164 Å². The highest BCUT2D eigenvalue weighted by Crippen LogP contribution is 2.30. The van der Waals surface area contributed by atoms with Crippen LogP contribution in [0.4, 0.5) is 8.78 Å². The van der Waals surface area contributed by atoms with Crippen LogP contribution in [0.1, 0.15) is 44.6 Å². The van der Waals surface area contributed by atoms with E-state index in [9.17, 15) is 22.0 Å². The fourth-order valence-corrected chi connectivity index (χ4v) is 5.15. The van der Waals surface area contributed by atoms with Crippen LogP contribution in [-0.2, 0) is 21.2 Å². The summed E-state index contributed by atoms with van der Waals surface area (Å²) in [7, 11) is -1.67. The van der Waals surface area contributed by atoms with Crippen molar-refractivity contribution in [3.05, 3.63) is 23.8 Å². The molecular formula is C19H27F2NO5S. The van der Waals surface area contributed by atoms with Crippen molar-refractivity contribution in [3.63, 3.8) is 0 Å². The average Bonchev–Trinajstić information content (AvgIpc) is 3.17. The van der Waals surface area contributed by atoms with Gasteiger partial charge in [0.15, 0.2) is 21.3 Å². The topological polar surface area (TPSA) is 72.9 Å². The number of nitrogens with zero attached hydrogens (tertiary/aromatic N) is 1. The molecular weight excluding hydrogens is 392 g/mol. The first-order chi connectivity index (χ1) is 13.2. The molecule has 0 bridgehead atoms. The minimum Gasteiger partial charge on any atom is -0.490 e. The summed E-state index contributed by atoms with van der Waals surface area (Å²) in [6, 6.07) is 4.48. The third-order valence-corrected chi connectivity index (χ3v) is 7.04. The van der Waals surface area contributed by atoms with Crippen molar-refractivity contribution in [2.24, 2.45) is 0 Å². The molecule has 0 aliphatic heterocycles. The van der Waals surface area contributed by atoms with Gasteiger partial charge in [-0.2, -0.15) is 8.78 Å². The van der Waals surface area contributed by atoms with E-state index in [0.29, 0.717) is 18.4 Å². The Hall–Kier alpha value is -1.90. The van der Waals surface area contributed by atoms with Crippen molar-refractivity contribution in [2.45, 2.75) is 57.4 Å². The third-order valence-electron chi connectivity index (χ3n) is 4.78. The lowest BCUT2D eigenvalue weighted by atomic mass is 10.2. The number of carbonyl (C=O) groups is 1. The predicted octanol–water partition coefficient (Wildman–Crippen LogP) is 3.39. The van der Waals surface area contributed by atoms with Crippen molar-refractivity contribution >= 4 is 15.7 Å². The van der Waals surface area contributed by atoms with Crippen molar-refractivity contribution in [2.75, 3.05) is 19.4 Å². The van der Waals surface area contributed by atoms with Gasteiger partial charge in [0.05, 0.1) is 17.6 Å². The molecule has 0 heterocycles. The quantitative estimate of drug-likeness (QED) is 0.581. The molecule has 0 atom stereocenters. The highest BCUT2D eigenvalue weighted by molar-refractivity contribution is 7.92. The Morgan fingerprint density at radius 2 is 1.93 bits per heavy atom. The molecule has 1 aliphatic rings. The molecule has 9 heteroatoms. The van der Waals surface area contributed by atoms with Gasteiger partial charge in [-0.3, -0.25) is 4.79 Å². The molecule has 1 aliphatic carbocycles. The van der Waals surface area contributed by atoms with Crippen LogP contribution in [0.25, 0.3) is 0 Å². The number of rotatable bonds is 10. The maximum atomic E-state index is 12.5. The Balaban J connectivity index is 1.96. The highest BCUT2D eigenvalue weighted by atomic mass is 32.2. The molecule has 0 aromatic heterocycles. The summed E-state index contributed by atoms with van der Waals surface area (Å²) in [5.41, 5.74) is 0.666. The van der Waals surface area contributed by atoms with Gasteiger partial charge in [0.25, 0.3) is 0 Å². The second kappa shape index (κ2) is 10.0. The Kier molecular flexibility index (Phi) is 8.03. The van der Waals surface area contributed by atoms with E-state index in [0.717, 1.165) is 12.8 Å². The van der Waals surface area contributed by atoms with Crippen molar-refractivity contribution in [3.8, 4) is 11.5 Å². The van der Waals surface area contributed by atoms with E-state index in [1.165, 1.54) is 11.0 Å². The smallest absolute Gasteiger partial charge is 0.387 e. The van der Waals surface area contributed by atoms with Gasteiger partial charge in [0.2, 0.25) is 5.91 Å². The Bertz CT molecular complexity index is 764. The van der Waals surface area contributed by atoms with Crippen molar-refractivity contribution in [1.29, 1.82) is 0 Å². The molecule has 6 nitrogen and oxygen atoms in total. The minimum absolute atomic E-state index is 0.0692. The van der Waals surface area contributed by atoms with Gasteiger partial charge in [-0.05, 0) is 37.5 Å². The SMILES string of the molecule is CCOc1cc(CN(C)C(=O)CCS(=O)(=O)C2CCCC2)ccc1OC(F)F. The fourth-order valence-electron chi connectivity index (χ4n) is 3.31. The second-order valence-corrected chi connectivity index (χ2v) is 9.27. The first-order valence-corrected chi connectivity index (χ1v) is 11.1. The number of benzene rings is 1. The standard InChI is InChI=1S/C19H27F2NO5S/c1-3-26-17-12-14(8-9-16(17)27-19(20)21)13-22(2)18(23)10-11-28(24,25)15-6-4-5-7-15/h8-9,12,15,19H,3-7,10-11,13H2,1-2H3. The molecule has 1 saturated carbocycles. The van der Waals surface area contributed by atoms with E-state index in [1.54, 1.807) is 26.1 Å². The van der Waals surface area contributed by atoms with Gasteiger partial charge in [0, 0.05) is 20.0 Å². The number of ether oxygens (including phenoxy) is 2. The zero-order chi connectivity index (χ0) is 20.7. The monoisotopic (exact) mass is 419 g/mol. The molecule has 158 valence electrons. The third kappa shape index (κ3) is 6.32. The van der Waals surface area contributed by atoms with E-state index < -0.39 is 16.4 Å². The van der Waals surface area contributed by atoms with Gasteiger partial charge in [-0.1, -0.05) is 18.9 Å². The summed E-state index contributed by atoms with van der Waals surface area (Å²) in [5, 5.41) is -0.318. The number of alkyl halides is 2. The number of amides is 1. The van der Waals surface area contributed by atoms with Crippen LogP contribution in [0.5, 0.6) is 11.5 Å². The second-order valence-electron chi connectivity index (χ2n) is 6.87. The minimum atomic E-state index is -3.25. The van der Waals surface area contributed by atoms with Crippen molar-refractivity contribution < 1.29 is 31.5 Å². The van der Waals surface area contributed by atoms with Gasteiger partial charge in [-0.15, -0.1) is 0 Å². The molecule has 0 unspecified atom stereocenters. The van der Waals surface area contributed by atoms with E-state index in [1.807, 2.05) is 0 Å². The van der Waals surface area contributed by atoms with Crippen LogP contribution in [0, 0.1) is 0 Å². The molecule has 28 heavy (non-hydrogen) atoms. The molecule has 0 saturated heterocycles. The number of hydrogen-bond acceptors (Lipinski definition) is 5. The van der Waals surface area contributed by atoms with Crippen LogP contribution >= 0.6 is 0 Å². The van der Waals surface area contributed by atoms with Crippen LogP contribution in [-0.4, -0.2) is 50.5 Å². The fraction of sp³-hybridized carbons (Fsp3) is 0.632. The zero-order valence-electron chi connectivity index (χ0n) is 16.2. The van der Waals surface area contributed by atoms with Gasteiger partial charge in [-0.25, -0.2) is 8.42 Å². The molecule has 0 radical (unpaired) electrons. The van der Waals surface area contributed by atoms with E-state index in [2.05, 4.69) is 4.74 Å². The summed E-state index contributed by atoms with van der Waals surface area (Å²) in [6.45, 7) is -0.760. The number of sulfone groups is 1. The molecule has 0 spiro atoms. The summed E-state index contributed by atoms with van der Waals surface area (Å²) in [5.74, 6) is -0.332. The lowest BCUT2D eigenvalue weighted by Crippen LogP contribution is -2.30. The summed E-state index contributed by atoms with van der Waals surface area (Å²) in [6.07, 6.45) is 3.13. The molecule has 1 aromatic rings. The first-order valence-electron chi connectivity index (χ1n) is 9.39. The molecule has 2 rings (SSSR count). The number of hydrogen-bond donors (Lipinski definition) is 0. The maximum absolute atomic E-state index is 12.5. The molecule has 1 amide bonds. The van der Waals surface area contributed by atoms with Gasteiger partial charge < -0.3 is 14.4 Å². The van der Waals surface area contributed by atoms with E-state index in [-0.39, 0.29) is 48.0 Å². The predicted molar refractivity (Wildman–Crippen MR) is 101 cm³/mol. The van der Waals surface area contributed by atoms with Crippen LogP contribution in [0.2, 0.25) is 0 Å².